The van der Waals surface area contributed by atoms with Crippen molar-refractivity contribution in [1.82, 2.24) is 15.1 Å². The van der Waals surface area contributed by atoms with Crippen molar-refractivity contribution in [2.45, 2.75) is 19.5 Å². The minimum Gasteiger partial charge on any atom is -0.494 e. The van der Waals surface area contributed by atoms with E-state index in [1.54, 1.807) is 0 Å². The molecule has 2 heterocycles. The molecule has 0 bridgehead atoms. The maximum Gasteiger partial charge on any atom is 0.119 e. The molecule has 0 aliphatic carbocycles. The molecule has 0 spiro atoms. The maximum atomic E-state index is 5.62. The number of fused-ring (bicyclic) bond motifs is 1. The van der Waals surface area contributed by atoms with Gasteiger partial charge in [0.2, 0.25) is 0 Å². The lowest BCUT2D eigenvalue weighted by Crippen LogP contribution is -2.49. The fourth-order valence-electron chi connectivity index (χ4n) is 3.23. The third-order valence-corrected chi connectivity index (χ3v) is 4.42. The monoisotopic (exact) mass is 275 g/mol. The fraction of sp³-hybridized carbons (Fsp3) is 0.625. The molecule has 1 atom stereocenters. The van der Waals surface area contributed by atoms with Crippen LogP contribution in [0.3, 0.4) is 0 Å². The summed E-state index contributed by atoms with van der Waals surface area (Å²) in [6.07, 6.45) is 0. The zero-order valence-corrected chi connectivity index (χ0v) is 12.6. The number of nitrogens with zero attached hydrogens (tertiary/aromatic N) is 2. The summed E-state index contributed by atoms with van der Waals surface area (Å²) in [5, 5.41) is 3.56. The highest BCUT2D eigenvalue weighted by Crippen LogP contribution is 2.30. The van der Waals surface area contributed by atoms with Crippen LogP contribution in [0.15, 0.2) is 18.2 Å². The predicted molar refractivity (Wildman–Crippen MR) is 81.1 cm³/mol. The summed E-state index contributed by atoms with van der Waals surface area (Å²) in [4.78, 5) is 5.02. The van der Waals surface area contributed by atoms with Crippen LogP contribution in [-0.4, -0.2) is 56.2 Å². The first-order valence-corrected chi connectivity index (χ1v) is 7.67. The van der Waals surface area contributed by atoms with Gasteiger partial charge in [-0.05, 0) is 37.2 Å². The van der Waals surface area contributed by atoms with Gasteiger partial charge >= 0.3 is 0 Å². The summed E-state index contributed by atoms with van der Waals surface area (Å²) in [7, 11) is 2.21. The van der Waals surface area contributed by atoms with Gasteiger partial charge in [0.05, 0.1) is 6.61 Å². The summed E-state index contributed by atoms with van der Waals surface area (Å²) < 4.78 is 5.62. The average molecular weight is 275 g/mol. The Kier molecular flexibility index (Phi) is 4.24. The van der Waals surface area contributed by atoms with Crippen molar-refractivity contribution in [3.63, 3.8) is 0 Å². The maximum absolute atomic E-state index is 5.62. The van der Waals surface area contributed by atoms with Crippen LogP contribution in [0.25, 0.3) is 0 Å². The first-order valence-electron chi connectivity index (χ1n) is 7.67. The molecule has 2 aliphatic heterocycles. The molecular weight excluding hydrogens is 250 g/mol. The number of hydrogen-bond acceptors (Lipinski definition) is 4. The van der Waals surface area contributed by atoms with Gasteiger partial charge in [-0.3, -0.25) is 4.90 Å². The minimum atomic E-state index is 0.517. The average Bonchev–Trinajstić information content (AvgIpc) is 2.48. The lowest BCUT2D eigenvalue weighted by atomic mass is 9.94. The molecule has 1 saturated heterocycles. The molecule has 0 aromatic heterocycles. The molecule has 1 aromatic rings. The molecule has 3 rings (SSSR count). The molecular formula is C16H25N3O. The first kappa shape index (κ1) is 13.9. The van der Waals surface area contributed by atoms with Crippen molar-refractivity contribution in [2.75, 3.05) is 46.4 Å². The number of piperazine rings is 1. The molecule has 4 heteroatoms. The van der Waals surface area contributed by atoms with Crippen LogP contribution in [0.5, 0.6) is 5.75 Å². The molecule has 0 amide bonds. The zero-order valence-electron chi connectivity index (χ0n) is 12.6. The Morgan fingerprint density at radius 3 is 2.80 bits per heavy atom. The highest BCUT2D eigenvalue weighted by Gasteiger charge is 2.27. The first-order chi connectivity index (χ1) is 9.78. The van der Waals surface area contributed by atoms with Crippen molar-refractivity contribution in [3.05, 3.63) is 29.3 Å². The standard InChI is InChI=1S/C16H25N3O/c1-3-20-14-4-5-15-13(10-14)11-17-12-16(15)19-8-6-18(2)7-9-19/h4-5,10,16-17H,3,6-9,11-12H2,1-2H3/t16-/m1/s1. The topological polar surface area (TPSA) is 27.7 Å². The highest BCUT2D eigenvalue weighted by atomic mass is 16.5. The Balaban J connectivity index is 1.79. The van der Waals surface area contributed by atoms with Gasteiger partial charge in [-0.25, -0.2) is 0 Å². The van der Waals surface area contributed by atoms with E-state index >= 15 is 0 Å². The van der Waals surface area contributed by atoms with E-state index < -0.39 is 0 Å². The molecule has 1 aromatic carbocycles. The van der Waals surface area contributed by atoms with E-state index in [2.05, 4.69) is 40.4 Å². The van der Waals surface area contributed by atoms with E-state index in [0.29, 0.717) is 6.04 Å². The third-order valence-electron chi connectivity index (χ3n) is 4.42. The predicted octanol–water partition coefficient (Wildman–Crippen LogP) is 1.48. The molecule has 0 radical (unpaired) electrons. The Hall–Kier alpha value is -1.10. The number of likely N-dealkylation sites (N-methyl/N-ethyl adjacent to an activating group) is 1. The van der Waals surface area contributed by atoms with E-state index in [9.17, 15) is 0 Å². The number of benzene rings is 1. The number of nitrogens with one attached hydrogen (secondary N) is 1. The lowest BCUT2D eigenvalue weighted by Gasteiger charge is -2.40. The Morgan fingerprint density at radius 1 is 1.25 bits per heavy atom. The van der Waals surface area contributed by atoms with Gasteiger partial charge in [0.25, 0.3) is 0 Å². The van der Waals surface area contributed by atoms with Gasteiger partial charge in [0.15, 0.2) is 0 Å². The molecule has 0 saturated carbocycles. The van der Waals surface area contributed by atoms with Crippen LogP contribution in [0.1, 0.15) is 24.1 Å². The lowest BCUT2D eigenvalue weighted by molar-refractivity contribution is 0.106. The van der Waals surface area contributed by atoms with Crippen LogP contribution >= 0.6 is 0 Å². The SMILES string of the molecule is CCOc1ccc2c(c1)CNC[C@H]2N1CCN(C)CC1. The van der Waals surface area contributed by atoms with Crippen molar-refractivity contribution in [3.8, 4) is 5.75 Å². The number of hydrogen-bond donors (Lipinski definition) is 1. The molecule has 1 fully saturated rings. The highest BCUT2D eigenvalue weighted by molar-refractivity contribution is 5.39. The summed E-state index contributed by atoms with van der Waals surface area (Å²) in [5.41, 5.74) is 2.88. The minimum absolute atomic E-state index is 0.517. The Morgan fingerprint density at radius 2 is 2.05 bits per heavy atom. The van der Waals surface area contributed by atoms with Gasteiger partial charge in [-0.15, -0.1) is 0 Å². The summed E-state index contributed by atoms with van der Waals surface area (Å²) in [6, 6.07) is 7.11. The molecule has 0 unspecified atom stereocenters. The van der Waals surface area contributed by atoms with E-state index in [-0.39, 0.29) is 0 Å². The van der Waals surface area contributed by atoms with Crippen molar-refractivity contribution >= 4 is 0 Å². The summed E-state index contributed by atoms with van der Waals surface area (Å²) in [6.45, 7) is 9.45. The van der Waals surface area contributed by atoms with Crippen LogP contribution in [0.2, 0.25) is 0 Å². The van der Waals surface area contributed by atoms with Crippen LogP contribution in [-0.2, 0) is 6.54 Å². The number of rotatable bonds is 3. The smallest absolute Gasteiger partial charge is 0.119 e. The van der Waals surface area contributed by atoms with E-state index in [0.717, 1.165) is 38.5 Å². The number of ether oxygens (including phenoxy) is 1. The van der Waals surface area contributed by atoms with Gasteiger partial charge in [0, 0.05) is 45.3 Å². The van der Waals surface area contributed by atoms with E-state index in [1.807, 2.05) is 6.92 Å². The van der Waals surface area contributed by atoms with Crippen LogP contribution in [0, 0.1) is 0 Å². The second-order valence-corrected chi connectivity index (χ2v) is 5.78. The van der Waals surface area contributed by atoms with Gasteiger partial charge in [0.1, 0.15) is 5.75 Å². The summed E-state index contributed by atoms with van der Waals surface area (Å²) >= 11 is 0. The summed E-state index contributed by atoms with van der Waals surface area (Å²) in [5.74, 6) is 0.993. The van der Waals surface area contributed by atoms with Crippen molar-refractivity contribution in [1.29, 1.82) is 0 Å². The van der Waals surface area contributed by atoms with Crippen molar-refractivity contribution in [2.24, 2.45) is 0 Å². The second-order valence-electron chi connectivity index (χ2n) is 5.78. The quantitative estimate of drug-likeness (QED) is 0.904. The van der Waals surface area contributed by atoms with Gasteiger partial charge in [-0.1, -0.05) is 6.07 Å². The molecule has 20 heavy (non-hydrogen) atoms. The van der Waals surface area contributed by atoms with Crippen LogP contribution < -0.4 is 10.1 Å². The van der Waals surface area contributed by atoms with E-state index in [4.69, 9.17) is 4.74 Å². The Labute approximate surface area is 121 Å². The molecule has 110 valence electrons. The fourth-order valence-corrected chi connectivity index (χ4v) is 3.23. The Bertz CT molecular complexity index is 455. The molecule has 1 N–H and O–H groups in total. The molecule has 4 nitrogen and oxygen atoms in total. The zero-order chi connectivity index (χ0) is 13.9. The van der Waals surface area contributed by atoms with Gasteiger partial charge in [-0.2, -0.15) is 0 Å². The second kappa shape index (κ2) is 6.12. The third kappa shape index (κ3) is 2.82. The van der Waals surface area contributed by atoms with Gasteiger partial charge < -0.3 is 15.0 Å². The van der Waals surface area contributed by atoms with Crippen LogP contribution in [0.4, 0.5) is 0 Å². The van der Waals surface area contributed by atoms with E-state index in [1.165, 1.54) is 24.2 Å². The van der Waals surface area contributed by atoms with Crippen molar-refractivity contribution < 1.29 is 4.74 Å². The largest absolute Gasteiger partial charge is 0.494 e. The normalized spacial score (nSPS) is 24.4. The molecule has 2 aliphatic rings.